The summed E-state index contributed by atoms with van der Waals surface area (Å²) in [5, 5.41) is 0. The van der Waals surface area contributed by atoms with Crippen molar-refractivity contribution in [2.45, 2.75) is 116 Å². The molecule has 0 heterocycles. The number of carbonyl (C=O) groups is 4. The van der Waals surface area contributed by atoms with Crippen LogP contribution >= 0.6 is 0 Å². The molecule has 2 atom stereocenters. The van der Waals surface area contributed by atoms with E-state index in [2.05, 4.69) is 12.1 Å². The van der Waals surface area contributed by atoms with Crippen LogP contribution in [0.2, 0.25) is 0 Å². The Balaban J connectivity index is 1.16. The molecule has 4 aliphatic carbocycles. The Bertz CT molecular complexity index is 1550. The molecule has 276 valence electrons. The topological polar surface area (TPSA) is 96.0 Å². The van der Waals surface area contributed by atoms with Gasteiger partial charge in [-0.05, 0) is 98.8 Å². The van der Waals surface area contributed by atoms with Crippen LogP contribution in [0.25, 0.3) is 0 Å². The van der Waals surface area contributed by atoms with Crippen molar-refractivity contribution in [3.05, 3.63) is 53.1 Å². The molecule has 0 aromatic heterocycles. The van der Waals surface area contributed by atoms with Crippen molar-refractivity contribution in [3.8, 4) is 17.2 Å². The molecule has 6 rings (SSSR count). The first-order valence-corrected chi connectivity index (χ1v) is 19.6. The van der Waals surface area contributed by atoms with Gasteiger partial charge in [0.2, 0.25) is 5.75 Å². The molecule has 0 saturated heterocycles. The molecule has 0 N–H and O–H groups in total. The molecule has 0 spiro atoms. The number of carbonyl (C=O) groups excluding carboxylic acids is 4. The second-order valence-corrected chi connectivity index (χ2v) is 16.4. The van der Waals surface area contributed by atoms with Crippen LogP contribution in [0, 0.1) is 40.9 Å². The van der Waals surface area contributed by atoms with E-state index in [1.165, 1.54) is 59.0 Å². The number of ketones is 4. The smallest absolute Gasteiger partial charge is 0.203 e. The van der Waals surface area contributed by atoms with E-state index < -0.39 is 5.41 Å². The van der Waals surface area contributed by atoms with Crippen LogP contribution in [0.4, 0.5) is 0 Å². The predicted molar refractivity (Wildman–Crippen MR) is 198 cm³/mol. The molecule has 0 bridgehead atoms. The second-order valence-electron chi connectivity index (χ2n) is 16.4. The maximum atomic E-state index is 14.6. The van der Waals surface area contributed by atoms with Crippen molar-refractivity contribution in [2.24, 2.45) is 40.9 Å². The largest absolute Gasteiger partial charge is 0.493 e. The second kappa shape index (κ2) is 16.5. The molecule has 2 aromatic rings. The molecule has 3 saturated carbocycles. The van der Waals surface area contributed by atoms with Crippen molar-refractivity contribution in [1.29, 1.82) is 0 Å². The molecule has 0 amide bonds. The van der Waals surface area contributed by atoms with E-state index >= 15 is 0 Å². The molecule has 0 aliphatic heterocycles. The predicted octanol–water partition coefficient (Wildman–Crippen LogP) is 9.00. The third kappa shape index (κ3) is 8.28. The van der Waals surface area contributed by atoms with Gasteiger partial charge >= 0.3 is 0 Å². The minimum atomic E-state index is -1.11. The fourth-order valence-electron chi connectivity index (χ4n) is 10.3. The van der Waals surface area contributed by atoms with E-state index in [9.17, 15) is 19.2 Å². The van der Waals surface area contributed by atoms with Crippen molar-refractivity contribution in [3.63, 3.8) is 0 Å². The van der Waals surface area contributed by atoms with Gasteiger partial charge in [0, 0.05) is 48.0 Å². The highest BCUT2D eigenvalue weighted by molar-refractivity contribution is 6.03. The first-order valence-electron chi connectivity index (χ1n) is 19.6. The van der Waals surface area contributed by atoms with Gasteiger partial charge in [-0.2, -0.15) is 0 Å². The third-order valence-electron chi connectivity index (χ3n) is 13.3. The van der Waals surface area contributed by atoms with Gasteiger partial charge in [-0.1, -0.05) is 63.3 Å². The van der Waals surface area contributed by atoms with Gasteiger partial charge in [0.1, 0.15) is 17.3 Å². The van der Waals surface area contributed by atoms with Crippen LogP contribution in [0.3, 0.4) is 0 Å². The molecule has 0 radical (unpaired) electrons. The molecule has 3 fully saturated rings. The summed E-state index contributed by atoms with van der Waals surface area (Å²) in [5.74, 6) is 2.88. The van der Waals surface area contributed by atoms with Crippen molar-refractivity contribution in [2.75, 3.05) is 21.3 Å². The van der Waals surface area contributed by atoms with E-state index in [4.69, 9.17) is 14.2 Å². The molecule has 7 nitrogen and oxygen atoms in total. The minimum absolute atomic E-state index is 0.0163. The fourth-order valence-corrected chi connectivity index (χ4v) is 10.3. The van der Waals surface area contributed by atoms with E-state index in [1.807, 2.05) is 19.1 Å². The maximum Gasteiger partial charge on any atom is 0.203 e. The highest BCUT2D eigenvalue weighted by Crippen LogP contribution is 2.46. The molecular formula is C44H58O7. The summed E-state index contributed by atoms with van der Waals surface area (Å²) in [6.45, 7) is 1.86. The fraction of sp³-hybridized carbons (Fsp3) is 0.636. The quantitative estimate of drug-likeness (QED) is 0.193. The Kier molecular flexibility index (Phi) is 12.0. The van der Waals surface area contributed by atoms with E-state index in [-0.39, 0.29) is 53.9 Å². The van der Waals surface area contributed by atoms with Gasteiger partial charge in [-0.25, -0.2) is 0 Å². The zero-order valence-electron chi connectivity index (χ0n) is 31.3. The summed E-state index contributed by atoms with van der Waals surface area (Å²) in [7, 11) is 4.55. The number of Topliss-reactive ketones (excluding diaryl/α,β-unsaturated/α-hetero) is 4. The van der Waals surface area contributed by atoms with E-state index in [0.717, 1.165) is 69.3 Å². The lowest BCUT2D eigenvalue weighted by Crippen LogP contribution is -2.41. The number of hydrogen-bond donors (Lipinski definition) is 0. The molecule has 4 aliphatic rings. The Morgan fingerprint density at radius 3 is 1.86 bits per heavy atom. The van der Waals surface area contributed by atoms with Gasteiger partial charge in [0.15, 0.2) is 17.3 Å². The van der Waals surface area contributed by atoms with Crippen molar-refractivity contribution < 1.29 is 33.4 Å². The number of fused-ring (bicyclic) bond motifs is 1. The van der Waals surface area contributed by atoms with E-state index in [0.29, 0.717) is 40.9 Å². The number of hydrogen-bond acceptors (Lipinski definition) is 7. The summed E-state index contributed by atoms with van der Waals surface area (Å²) in [5.41, 5.74) is 1.68. The van der Waals surface area contributed by atoms with Crippen LogP contribution in [0.5, 0.6) is 17.2 Å². The summed E-state index contributed by atoms with van der Waals surface area (Å²) in [4.78, 5) is 56.1. The summed E-state index contributed by atoms with van der Waals surface area (Å²) in [6, 6.07) is 11.5. The Morgan fingerprint density at radius 2 is 1.25 bits per heavy atom. The van der Waals surface area contributed by atoms with Gasteiger partial charge in [-0.3, -0.25) is 19.2 Å². The maximum absolute atomic E-state index is 14.6. The number of benzene rings is 2. The van der Waals surface area contributed by atoms with E-state index in [1.54, 1.807) is 12.1 Å². The molecule has 7 heteroatoms. The normalized spacial score (nSPS) is 26.7. The van der Waals surface area contributed by atoms with Crippen LogP contribution in [-0.4, -0.2) is 44.5 Å². The molecule has 2 unspecified atom stereocenters. The van der Waals surface area contributed by atoms with Crippen LogP contribution in [0.1, 0.15) is 125 Å². The zero-order valence-corrected chi connectivity index (χ0v) is 31.3. The Labute approximate surface area is 304 Å². The summed E-state index contributed by atoms with van der Waals surface area (Å²) < 4.78 is 16.5. The lowest BCUT2D eigenvalue weighted by Gasteiger charge is -2.39. The van der Waals surface area contributed by atoms with Crippen molar-refractivity contribution >= 4 is 23.1 Å². The Hall–Kier alpha value is -3.48. The minimum Gasteiger partial charge on any atom is -0.493 e. The number of rotatable bonds is 13. The highest BCUT2D eigenvalue weighted by atomic mass is 16.5. The van der Waals surface area contributed by atoms with Crippen LogP contribution in [0.15, 0.2) is 36.4 Å². The average Bonchev–Trinajstić information content (AvgIpc) is 3.17. The van der Waals surface area contributed by atoms with Crippen LogP contribution < -0.4 is 14.2 Å². The number of ether oxygens (including phenoxy) is 3. The summed E-state index contributed by atoms with van der Waals surface area (Å²) in [6.07, 6.45) is 14.8. The molecular weight excluding hydrogens is 640 g/mol. The van der Waals surface area contributed by atoms with Gasteiger partial charge in [0.25, 0.3) is 0 Å². The lowest BCUT2D eigenvalue weighted by atomic mass is 9.64. The van der Waals surface area contributed by atoms with Crippen LogP contribution in [-0.2, 0) is 27.2 Å². The highest BCUT2D eigenvalue weighted by Gasteiger charge is 2.45. The van der Waals surface area contributed by atoms with Gasteiger partial charge in [-0.15, -0.1) is 0 Å². The monoisotopic (exact) mass is 698 g/mol. The SMILES string of the molecule is COc1cc(C(=O)CC(C)(CC(=O)C2CCC(C3Cc4ccccc4CC3=O)CC2)C(=O)C2CCC(C3CCCCC3)CC2)cc(OC)c1OC. The third-order valence-corrected chi connectivity index (χ3v) is 13.3. The summed E-state index contributed by atoms with van der Waals surface area (Å²) >= 11 is 0. The van der Waals surface area contributed by atoms with Gasteiger partial charge in [0.05, 0.1) is 21.3 Å². The number of methoxy groups -OCH3 is 3. The average molecular weight is 699 g/mol. The zero-order chi connectivity index (χ0) is 36.1. The first-order chi connectivity index (χ1) is 24.6. The Morgan fingerprint density at radius 1 is 0.686 bits per heavy atom. The van der Waals surface area contributed by atoms with Gasteiger partial charge < -0.3 is 14.2 Å². The standard InChI is InChI=1S/C44H58O7/c1-44(27-39(47)35-24-40(49-2)42(51-4)41(25-35)50-3,43(48)32-20-14-29(15-21-32)28-10-6-5-7-11-28)26-38(46)31-18-16-30(17-19-31)36-22-33-12-8-9-13-34(33)23-37(36)45/h8-9,12-13,24-25,28-32,36H,5-7,10-11,14-23,26-27H2,1-4H3. The first kappa shape index (κ1) is 37.3. The van der Waals surface area contributed by atoms with Crippen molar-refractivity contribution in [1.82, 2.24) is 0 Å². The molecule has 51 heavy (non-hydrogen) atoms. The lowest BCUT2D eigenvalue weighted by molar-refractivity contribution is -0.139. The molecule has 2 aromatic carbocycles.